The number of carbonyl (C=O) groups is 2. The molecule has 1 saturated heterocycles. The van der Waals surface area contributed by atoms with Gasteiger partial charge in [0.15, 0.2) is 4.34 Å². The summed E-state index contributed by atoms with van der Waals surface area (Å²) in [5.74, 6) is -0.433. The summed E-state index contributed by atoms with van der Waals surface area (Å²) in [5, 5.41) is 13.7. The van der Waals surface area contributed by atoms with E-state index in [2.05, 4.69) is 20.8 Å². The predicted molar refractivity (Wildman–Crippen MR) is 133 cm³/mol. The van der Waals surface area contributed by atoms with Gasteiger partial charge in [0.2, 0.25) is 21.1 Å². The number of hydrogen-bond acceptors (Lipinski definition) is 8. The topological polar surface area (TPSA) is 121 Å². The van der Waals surface area contributed by atoms with Crippen LogP contribution in [0.1, 0.15) is 29.6 Å². The van der Waals surface area contributed by atoms with Gasteiger partial charge >= 0.3 is 0 Å². The van der Waals surface area contributed by atoms with Gasteiger partial charge in [-0.2, -0.15) is 4.31 Å². The highest BCUT2D eigenvalue weighted by molar-refractivity contribution is 8.01. The number of hydrogen-bond donors (Lipinski definition) is 2. The summed E-state index contributed by atoms with van der Waals surface area (Å²) in [7, 11) is -3.55. The van der Waals surface area contributed by atoms with Gasteiger partial charge in [0.25, 0.3) is 5.91 Å². The maximum absolute atomic E-state index is 12.8. The lowest BCUT2D eigenvalue weighted by Gasteiger charge is -2.25. The van der Waals surface area contributed by atoms with Crippen molar-refractivity contribution in [2.75, 3.05) is 29.5 Å². The Labute approximate surface area is 206 Å². The second kappa shape index (κ2) is 11.1. The van der Waals surface area contributed by atoms with E-state index in [1.165, 1.54) is 40.3 Å². The molecule has 9 nitrogen and oxygen atoms in total. The van der Waals surface area contributed by atoms with E-state index in [-0.39, 0.29) is 16.6 Å². The summed E-state index contributed by atoms with van der Waals surface area (Å²) in [6.07, 6.45) is 2.76. The fraction of sp³-hybridized carbons (Fsp3) is 0.273. The van der Waals surface area contributed by atoms with Gasteiger partial charge in [-0.1, -0.05) is 47.7 Å². The molecule has 1 aromatic heterocycles. The number of piperidine rings is 1. The molecule has 0 saturated carbocycles. The average Bonchev–Trinajstić information content (AvgIpc) is 3.31. The summed E-state index contributed by atoms with van der Waals surface area (Å²) in [4.78, 5) is 24.8. The molecule has 2 N–H and O–H groups in total. The summed E-state index contributed by atoms with van der Waals surface area (Å²) in [5.41, 5.74) is 1.03. The third-order valence-electron chi connectivity index (χ3n) is 5.08. The maximum atomic E-state index is 12.8. The SMILES string of the molecule is O=C(CSc1nnc(NC(=O)c2ccc(S(=O)(=O)N3CCCCC3)cc2)s1)Nc1ccccc1. The largest absolute Gasteiger partial charge is 0.325 e. The molecule has 12 heteroatoms. The fourth-order valence-corrected chi connectivity index (χ4v) is 6.43. The number of rotatable bonds is 8. The van der Waals surface area contributed by atoms with Gasteiger partial charge in [-0.3, -0.25) is 14.9 Å². The Balaban J connectivity index is 1.30. The summed E-state index contributed by atoms with van der Waals surface area (Å²) < 4.78 is 27.5. The minimum Gasteiger partial charge on any atom is -0.325 e. The Morgan fingerprint density at radius 2 is 1.65 bits per heavy atom. The van der Waals surface area contributed by atoms with Crippen LogP contribution in [0.2, 0.25) is 0 Å². The molecule has 0 bridgehead atoms. The van der Waals surface area contributed by atoms with Crippen molar-refractivity contribution in [3.05, 3.63) is 60.2 Å². The van der Waals surface area contributed by atoms with Crippen molar-refractivity contribution < 1.29 is 18.0 Å². The van der Waals surface area contributed by atoms with Gasteiger partial charge in [-0.05, 0) is 49.2 Å². The molecule has 1 aliphatic rings. The van der Waals surface area contributed by atoms with Crippen molar-refractivity contribution in [2.24, 2.45) is 0 Å². The van der Waals surface area contributed by atoms with Crippen molar-refractivity contribution in [1.29, 1.82) is 0 Å². The average molecular weight is 518 g/mol. The van der Waals surface area contributed by atoms with Crippen LogP contribution in [0.3, 0.4) is 0 Å². The first-order valence-corrected chi connectivity index (χ1v) is 13.9. The number of carbonyl (C=O) groups excluding carboxylic acids is 2. The van der Waals surface area contributed by atoms with Crippen LogP contribution in [0.15, 0.2) is 63.8 Å². The predicted octanol–water partition coefficient (Wildman–Crippen LogP) is 3.70. The Kier molecular flexibility index (Phi) is 7.93. The highest BCUT2D eigenvalue weighted by atomic mass is 32.2. The van der Waals surface area contributed by atoms with E-state index < -0.39 is 15.9 Å². The summed E-state index contributed by atoms with van der Waals surface area (Å²) in [6, 6.07) is 15.0. The zero-order valence-corrected chi connectivity index (χ0v) is 20.6. The quantitative estimate of drug-likeness (QED) is 0.345. The molecule has 2 heterocycles. The molecule has 1 fully saturated rings. The van der Waals surface area contributed by atoms with Gasteiger partial charge in [-0.25, -0.2) is 8.42 Å². The number of thioether (sulfide) groups is 1. The van der Waals surface area contributed by atoms with Crippen molar-refractivity contribution in [1.82, 2.24) is 14.5 Å². The first kappa shape index (κ1) is 24.3. The minimum absolute atomic E-state index is 0.157. The zero-order valence-electron chi connectivity index (χ0n) is 18.1. The molecular weight excluding hydrogens is 494 g/mol. The number of nitrogens with zero attached hydrogens (tertiary/aromatic N) is 3. The molecule has 2 amide bonds. The molecule has 0 unspecified atom stereocenters. The molecule has 3 aromatic rings. The van der Waals surface area contributed by atoms with Gasteiger partial charge in [-0.15, -0.1) is 10.2 Å². The summed E-state index contributed by atoms with van der Waals surface area (Å²) >= 11 is 2.38. The van der Waals surface area contributed by atoms with E-state index in [0.29, 0.717) is 33.8 Å². The normalized spacial score (nSPS) is 14.5. The molecule has 0 radical (unpaired) electrons. The number of benzene rings is 2. The molecule has 2 aromatic carbocycles. The van der Waals surface area contributed by atoms with Crippen LogP contribution >= 0.6 is 23.1 Å². The van der Waals surface area contributed by atoms with Gasteiger partial charge in [0, 0.05) is 24.3 Å². The van der Waals surface area contributed by atoms with E-state index in [9.17, 15) is 18.0 Å². The Morgan fingerprint density at radius 3 is 2.35 bits per heavy atom. The molecule has 0 spiro atoms. The first-order valence-electron chi connectivity index (χ1n) is 10.6. The van der Waals surface area contributed by atoms with E-state index in [1.807, 2.05) is 18.2 Å². The van der Waals surface area contributed by atoms with E-state index in [0.717, 1.165) is 30.6 Å². The Morgan fingerprint density at radius 1 is 0.941 bits per heavy atom. The van der Waals surface area contributed by atoms with Crippen LogP contribution in [0.4, 0.5) is 10.8 Å². The van der Waals surface area contributed by atoms with Crippen LogP contribution in [0, 0.1) is 0 Å². The van der Waals surface area contributed by atoms with Crippen LogP contribution in [0.5, 0.6) is 0 Å². The van der Waals surface area contributed by atoms with Crippen LogP contribution in [-0.2, 0) is 14.8 Å². The Bertz CT molecular complexity index is 1240. The number of para-hydroxylation sites is 1. The van der Waals surface area contributed by atoms with Crippen LogP contribution in [0.25, 0.3) is 0 Å². The lowest BCUT2D eigenvalue weighted by Crippen LogP contribution is -2.35. The van der Waals surface area contributed by atoms with E-state index in [4.69, 9.17) is 0 Å². The molecule has 0 atom stereocenters. The number of nitrogens with one attached hydrogen (secondary N) is 2. The highest BCUT2D eigenvalue weighted by Gasteiger charge is 2.26. The molecule has 0 aliphatic carbocycles. The van der Waals surface area contributed by atoms with E-state index in [1.54, 1.807) is 12.1 Å². The monoisotopic (exact) mass is 517 g/mol. The number of sulfonamides is 1. The number of aromatic nitrogens is 2. The highest BCUT2D eigenvalue weighted by Crippen LogP contribution is 2.26. The molecular formula is C22H23N5O4S3. The number of amides is 2. The lowest BCUT2D eigenvalue weighted by atomic mass is 10.2. The zero-order chi connectivity index (χ0) is 24.0. The van der Waals surface area contributed by atoms with Crippen molar-refractivity contribution in [2.45, 2.75) is 28.5 Å². The van der Waals surface area contributed by atoms with Crippen molar-refractivity contribution in [3.63, 3.8) is 0 Å². The third-order valence-corrected chi connectivity index (χ3v) is 8.97. The van der Waals surface area contributed by atoms with Crippen LogP contribution < -0.4 is 10.6 Å². The van der Waals surface area contributed by atoms with Crippen LogP contribution in [-0.4, -0.2) is 53.6 Å². The fourth-order valence-electron chi connectivity index (χ4n) is 3.37. The van der Waals surface area contributed by atoms with Crippen molar-refractivity contribution >= 4 is 55.8 Å². The van der Waals surface area contributed by atoms with Gasteiger partial charge in [0.05, 0.1) is 10.6 Å². The molecule has 34 heavy (non-hydrogen) atoms. The maximum Gasteiger partial charge on any atom is 0.257 e. The molecule has 1 aliphatic heterocycles. The van der Waals surface area contributed by atoms with E-state index >= 15 is 0 Å². The second-order valence-electron chi connectivity index (χ2n) is 7.52. The second-order valence-corrected chi connectivity index (χ2v) is 11.7. The Hall–Kier alpha value is -2.80. The summed E-state index contributed by atoms with van der Waals surface area (Å²) in [6.45, 7) is 1.05. The minimum atomic E-state index is -3.55. The standard InChI is InChI=1S/C22H23N5O4S3/c28-19(23-17-7-3-1-4-8-17)15-32-22-26-25-21(33-22)24-20(29)16-9-11-18(12-10-16)34(30,31)27-13-5-2-6-14-27/h1,3-4,7-12H,2,5-6,13-15H2,(H,23,28)(H,24,25,29). The first-order chi connectivity index (χ1) is 16.4. The number of anilines is 2. The van der Waals surface area contributed by atoms with Crippen molar-refractivity contribution in [3.8, 4) is 0 Å². The lowest BCUT2D eigenvalue weighted by molar-refractivity contribution is -0.113. The van der Waals surface area contributed by atoms with Gasteiger partial charge < -0.3 is 5.32 Å². The molecule has 4 rings (SSSR count). The third kappa shape index (κ3) is 6.20. The smallest absolute Gasteiger partial charge is 0.257 e. The van der Waals surface area contributed by atoms with Gasteiger partial charge in [0.1, 0.15) is 0 Å². The molecule has 178 valence electrons.